The Hall–Kier alpha value is -1.62. The Morgan fingerprint density at radius 2 is 1.78 bits per heavy atom. The molecule has 0 radical (unpaired) electrons. The van der Waals surface area contributed by atoms with Crippen LogP contribution >= 0.6 is 0 Å². The van der Waals surface area contributed by atoms with Crippen LogP contribution in [0.25, 0.3) is 0 Å². The van der Waals surface area contributed by atoms with E-state index in [2.05, 4.69) is 25.5 Å². The number of likely N-dealkylation sites (tertiary alicyclic amines) is 1. The molecule has 10 heteroatoms. The molecule has 2 N–H and O–H groups in total. The van der Waals surface area contributed by atoms with E-state index in [1.165, 1.54) is 4.90 Å². The second-order valence-electron chi connectivity index (χ2n) is 8.54. The van der Waals surface area contributed by atoms with Gasteiger partial charge in [0.05, 0.1) is 25.5 Å². The van der Waals surface area contributed by atoms with Crippen molar-refractivity contribution >= 4 is 24.4 Å². The molecule has 0 unspecified atom stereocenters. The smallest absolute Gasteiger partial charge is 0.407 e. The number of hydrogen-bond acceptors (Lipinski definition) is 5. The third-order valence-corrected chi connectivity index (χ3v) is 12.8. The van der Waals surface area contributed by atoms with E-state index in [1.807, 2.05) is 19.1 Å². The number of amides is 1. The highest BCUT2D eigenvalue weighted by Crippen LogP contribution is 2.29. The van der Waals surface area contributed by atoms with Crippen molar-refractivity contribution in [2.45, 2.75) is 76.8 Å². The molecule has 32 heavy (non-hydrogen) atoms. The van der Waals surface area contributed by atoms with Gasteiger partial charge in [0.15, 0.2) is 8.32 Å². The van der Waals surface area contributed by atoms with E-state index in [0.29, 0.717) is 12.8 Å². The van der Waals surface area contributed by atoms with Gasteiger partial charge in [-0.05, 0) is 55.6 Å². The van der Waals surface area contributed by atoms with E-state index in [-0.39, 0.29) is 18.4 Å². The van der Waals surface area contributed by atoms with Crippen LogP contribution in [-0.4, -0.2) is 70.4 Å². The minimum Gasteiger partial charge on any atom is -0.497 e. The quantitative estimate of drug-likeness (QED) is 0.437. The minimum atomic E-state index is -3.60. The van der Waals surface area contributed by atoms with E-state index in [0.717, 1.165) is 29.4 Å². The van der Waals surface area contributed by atoms with Crippen LogP contribution in [0.5, 0.6) is 5.75 Å². The predicted octanol–water partition coefficient (Wildman–Crippen LogP) is 3.69. The van der Waals surface area contributed by atoms with Gasteiger partial charge in [0.1, 0.15) is 5.75 Å². The first-order valence-corrected chi connectivity index (χ1v) is 15.6. The number of sulfonamides is 1. The molecular formula is C22H38N2O6SSi. The summed E-state index contributed by atoms with van der Waals surface area (Å²) in [6, 6.07) is 8.84. The zero-order chi connectivity index (χ0) is 23.9. The van der Waals surface area contributed by atoms with Crippen LogP contribution in [-0.2, 0) is 20.9 Å². The summed E-state index contributed by atoms with van der Waals surface area (Å²) in [5.41, 5.74) is 0.896. The third kappa shape index (κ3) is 6.69. The minimum absolute atomic E-state index is 0.0670. The number of ether oxygens (including phenoxy) is 1. The van der Waals surface area contributed by atoms with Crippen LogP contribution in [0.3, 0.4) is 0 Å². The fourth-order valence-electron chi connectivity index (χ4n) is 4.46. The van der Waals surface area contributed by atoms with Crippen LogP contribution in [0.15, 0.2) is 24.3 Å². The van der Waals surface area contributed by atoms with Gasteiger partial charge in [-0.1, -0.05) is 32.9 Å². The average molecular weight is 487 g/mol. The Morgan fingerprint density at radius 3 is 2.28 bits per heavy atom. The molecule has 0 aliphatic carbocycles. The second-order valence-corrected chi connectivity index (χ2v) is 15.2. The number of nitrogens with zero attached hydrogens (tertiary/aromatic N) is 1. The molecule has 1 aromatic carbocycles. The Bertz CT molecular complexity index is 836. The van der Waals surface area contributed by atoms with Crippen LogP contribution in [0.1, 0.15) is 39.7 Å². The average Bonchev–Trinajstić information content (AvgIpc) is 3.08. The summed E-state index contributed by atoms with van der Waals surface area (Å²) in [5.74, 6) is 0.653. The maximum atomic E-state index is 12.8. The topological polar surface area (TPSA) is 105 Å². The zero-order valence-electron chi connectivity index (χ0n) is 19.8. The summed E-state index contributed by atoms with van der Waals surface area (Å²) in [5, 5.41) is 9.76. The molecule has 0 saturated carbocycles. The first-order valence-electron chi connectivity index (χ1n) is 11.4. The van der Waals surface area contributed by atoms with Gasteiger partial charge in [-0.25, -0.2) is 17.9 Å². The Balaban J connectivity index is 2.10. The first kappa shape index (κ1) is 26.6. The first-order chi connectivity index (χ1) is 15.1. The van der Waals surface area contributed by atoms with Gasteiger partial charge in [-0.15, -0.1) is 0 Å². The number of rotatable bonds is 12. The van der Waals surface area contributed by atoms with Gasteiger partial charge in [-0.2, -0.15) is 0 Å². The number of carboxylic acid groups (broad SMARTS) is 1. The molecule has 0 aromatic heterocycles. The van der Waals surface area contributed by atoms with Gasteiger partial charge in [0.25, 0.3) is 0 Å². The van der Waals surface area contributed by atoms with Crippen molar-refractivity contribution in [2.75, 3.05) is 19.5 Å². The highest BCUT2D eigenvalue weighted by atomic mass is 32.2. The fraction of sp³-hybridized carbons (Fsp3) is 0.682. The van der Waals surface area contributed by atoms with Crippen molar-refractivity contribution in [3.05, 3.63) is 29.8 Å². The van der Waals surface area contributed by atoms with Gasteiger partial charge in [0.2, 0.25) is 10.0 Å². The predicted molar refractivity (Wildman–Crippen MR) is 128 cm³/mol. The molecule has 1 fully saturated rings. The summed E-state index contributed by atoms with van der Waals surface area (Å²) in [6.07, 6.45) is -0.243. The Kier molecular flexibility index (Phi) is 9.56. The molecule has 1 heterocycles. The van der Waals surface area contributed by atoms with Gasteiger partial charge < -0.3 is 14.3 Å². The number of methoxy groups -OCH3 is 1. The molecule has 1 aliphatic rings. The van der Waals surface area contributed by atoms with E-state index < -0.39 is 36.5 Å². The molecule has 182 valence electrons. The lowest BCUT2D eigenvalue weighted by molar-refractivity contribution is 0.102. The summed E-state index contributed by atoms with van der Waals surface area (Å²) in [6.45, 7) is 8.39. The van der Waals surface area contributed by atoms with Gasteiger partial charge >= 0.3 is 6.09 Å². The lowest BCUT2D eigenvalue weighted by atomic mass is 10.1. The van der Waals surface area contributed by atoms with Crippen LogP contribution < -0.4 is 9.46 Å². The molecule has 1 saturated heterocycles. The number of carbonyl (C=O) groups is 1. The molecule has 3 atom stereocenters. The Morgan fingerprint density at radius 1 is 1.19 bits per heavy atom. The maximum Gasteiger partial charge on any atom is 0.407 e. The van der Waals surface area contributed by atoms with Gasteiger partial charge in [-0.3, -0.25) is 4.90 Å². The number of benzene rings is 1. The zero-order valence-corrected chi connectivity index (χ0v) is 21.7. The largest absolute Gasteiger partial charge is 0.497 e. The lowest BCUT2D eigenvalue weighted by Crippen LogP contribution is -2.52. The van der Waals surface area contributed by atoms with Crippen LogP contribution in [0.4, 0.5) is 4.79 Å². The van der Waals surface area contributed by atoms with E-state index in [9.17, 15) is 18.3 Å². The molecule has 0 bridgehead atoms. The SMILES string of the molecule is CC[Si](CC)(CC)OC[C@H]1[C@@H](NS(=O)(=O)CCc2ccc(OC)cc2)C[C@@H](C)N1C(=O)O. The third-order valence-electron chi connectivity index (χ3n) is 6.76. The maximum absolute atomic E-state index is 12.8. The van der Waals surface area contributed by atoms with Crippen molar-refractivity contribution in [3.63, 3.8) is 0 Å². The normalized spacial score (nSPS) is 21.7. The van der Waals surface area contributed by atoms with Crippen molar-refractivity contribution in [1.29, 1.82) is 0 Å². The second kappa shape index (κ2) is 11.5. The molecule has 1 amide bonds. The summed E-state index contributed by atoms with van der Waals surface area (Å²) >= 11 is 0. The number of hydrogen-bond donors (Lipinski definition) is 2. The van der Waals surface area contributed by atoms with Crippen LogP contribution in [0, 0.1) is 0 Å². The molecule has 1 aromatic rings. The van der Waals surface area contributed by atoms with E-state index in [1.54, 1.807) is 19.2 Å². The highest BCUT2D eigenvalue weighted by Gasteiger charge is 2.44. The molecule has 8 nitrogen and oxygen atoms in total. The van der Waals surface area contributed by atoms with Gasteiger partial charge in [0, 0.05) is 12.1 Å². The molecule has 2 rings (SSSR count). The van der Waals surface area contributed by atoms with Crippen molar-refractivity contribution in [3.8, 4) is 5.75 Å². The molecule has 1 aliphatic heterocycles. The van der Waals surface area contributed by atoms with Crippen LogP contribution in [0.2, 0.25) is 18.1 Å². The lowest BCUT2D eigenvalue weighted by Gasteiger charge is -2.34. The number of aryl methyl sites for hydroxylation is 1. The standard InChI is InChI=1S/C22H38N2O6SSi/c1-6-32(7-2,8-3)30-16-21-20(15-17(4)24(21)22(25)26)23-31(27,28)14-13-18-9-11-19(29-5)12-10-18/h9-12,17,20-21,23H,6-8,13-16H2,1-5H3,(H,25,26)/t17-,20+,21+/m1/s1. The van der Waals surface area contributed by atoms with Crippen molar-refractivity contribution in [2.24, 2.45) is 0 Å². The highest BCUT2D eigenvalue weighted by molar-refractivity contribution is 7.89. The molecular weight excluding hydrogens is 448 g/mol. The monoisotopic (exact) mass is 486 g/mol. The van der Waals surface area contributed by atoms with E-state index in [4.69, 9.17) is 9.16 Å². The summed E-state index contributed by atoms with van der Waals surface area (Å²) in [4.78, 5) is 13.3. The van der Waals surface area contributed by atoms with Crippen molar-refractivity contribution in [1.82, 2.24) is 9.62 Å². The fourth-order valence-corrected chi connectivity index (χ4v) is 8.44. The van der Waals surface area contributed by atoms with E-state index >= 15 is 0 Å². The summed E-state index contributed by atoms with van der Waals surface area (Å²) < 4.78 is 40.0. The van der Waals surface area contributed by atoms with Crippen molar-refractivity contribution < 1.29 is 27.5 Å². The Labute approximate surface area is 193 Å². The molecule has 0 spiro atoms. The summed E-state index contributed by atoms with van der Waals surface area (Å²) in [7, 11) is -3.95. The number of nitrogens with one attached hydrogen (secondary N) is 1.